The van der Waals surface area contributed by atoms with Gasteiger partial charge in [0.2, 0.25) is 0 Å². The number of amides is 1. The Balaban J connectivity index is 0.000000131. The fourth-order valence-corrected chi connectivity index (χ4v) is 12.7. The molecule has 15 aromatic rings. The Morgan fingerprint density at radius 1 is 0.381 bits per heavy atom. The zero-order chi connectivity index (χ0) is 75.2. The Bertz CT molecular complexity index is 5960. The molecule has 0 bridgehead atoms. The second-order valence-electron chi connectivity index (χ2n) is 22.5. The zero-order valence-electron chi connectivity index (χ0n) is 54.8. The number of methoxy groups -OCH3 is 4. The van der Waals surface area contributed by atoms with Crippen LogP contribution in [0.25, 0.3) is 83.0 Å². The number of primary amides is 1. The van der Waals surface area contributed by atoms with Gasteiger partial charge in [-0.1, -0.05) is 0 Å². The SMILES string of the molecule is COc1ccc(-n2c(Br)c(C#N)c3cc(F)c(F)cc32)cc1.COc1ccc(-n2cc(C#N)c3cc(F)c(F)cc32)cc1.COc1ccc(-n2cc(C(N)=O)c3cc(F)c(F)cc32)cc1.COc1ccc(-n2ccc3cc(F)c(F)cc32)cc1.N#Cc1c(Br)n(-c2ccc(O)cc2)c2cc(F)c(F)cc12. The molecule has 0 spiro atoms. The second kappa shape index (κ2) is 31.1. The third-order valence-corrected chi connectivity index (χ3v) is 17.9. The lowest BCUT2D eigenvalue weighted by atomic mass is 10.1. The van der Waals surface area contributed by atoms with E-state index in [1.165, 1.54) is 30.5 Å². The number of rotatable bonds is 10. The molecular formula is C78H49Br2F10N9O6. The van der Waals surface area contributed by atoms with Crippen molar-refractivity contribution in [2.24, 2.45) is 5.73 Å². The first-order chi connectivity index (χ1) is 50.4. The number of nitriles is 3. The number of hydrogen-bond donors (Lipinski definition) is 2. The summed E-state index contributed by atoms with van der Waals surface area (Å²) in [7, 11) is 6.26. The summed E-state index contributed by atoms with van der Waals surface area (Å²) in [6.45, 7) is 0. The average molecular weight is 1560 g/mol. The van der Waals surface area contributed by atoms with Crippen molar-refractivity contribution in [1.29, 1.82) is 15.8 Å². The van der Waals surface area contributed by atoms with Crippen LogP contribution in [0.2, 0.25) is 0 Å². The molecule has 15 rings (SSSR count). The topological polar surface area (TPSA) is 196 Å². The molecule has 0 aliphatic heterocycles. The fraction of sp³-hybridized carbons (Fsp3) is 0.0513. The summed E-state index contributed by atoms with van der Waals surface area (Å²) < 4.78 is 164. The lowest BCUT2D eigenvalue weighted by Gasteiger charge is -2.08. The van der Waals surface area contributed by atoms with E-state index in [0.717, 1.165) is 65.7 Å². The molecule has 15 nitrogen and oxygen atoms in total. The number of carbonyl (C=O) groups is 1. The van der Waals surface area contributed by atoms with Gasteiger partial charge in [-0.3, -0.25) is 4.79 Å². The molecule has 0 unspecified atom stereocenters. The quantitative estimate of drug-likeness (QED) is 0.125. The minimum atomic E-state index is -1.03. The molecule has 0 saturated heterocycles. The van der Waals surface area contributed by atoms with E-state index >= 15 is 0 Å². The van der Waals surface area contributed by atoms with Gasteiger partial charge in [-0.25, -0.2) is 43.9 Å². The van der Waals surface area contributed by atoms with E-state index in [1.54, 1.807) is 155 Å². The lowest BCUT2D eigenvalue weighted by Crippen LogP contribution is -2.10. The Kier molecular flexibility index (Phi) is 21.7. The van der Waals surface area contributed by atoms with E-state index in [0.29, 0.717) is 98.2 Å². The fourth-order valence-electron chi connectivity index (χ4n) is 11.3. The lowest BCUT2D eigenvalue weighted by molar-refractivity contribution is 0.100. The molecular weight excluding hydrogens is 1510 g/mol. The number of phenols is 1. The molecule has 5 heterocycles. The second-order valence-corrected chi connectivity index (χ2v) is 24.0. The predicted octanol–water partition coefficient (Wildman–Crippen LogP) is 19.5. The zero-order valence-corrected chi connectivity index (χ0v) is 58.0. The van der Waals surface area contributed by atoms with Crippen LogP contribution in [0, 0.1) is 92.2 Å². The molecule has 0 aliphatic carbocycles. The van der Waals surface area contributed by atoms with Crippen LogP contribution >= 0.6 is 31.9 Å². The molecule has 526 valence electrons. The van der Waals surface area contributed by atoms with Crippen LogP contribution in [0.4, 0.5) is 43.9 Å². The molecule has 27 heteroatoms. The first kappa shape index (κ1) is 73.3. The highest BCUT2D eigenvalue weighted by atomic mass is 79.9. The maximum Gasteiger partial charge on any atom is 0.250 e. The largest absolute Gasteiger partial charge is 0.508 e. The number of hydrogen-bond acceptors (Lipinski definition) is 9. The number of aromatic hydroxyl groups is 1. The molecule has 0 atom stereocenters. The summed E-state index contributed by atoms with van der Waals surface area (Å²) in [5.74, 6) is -7.39. The molecule has 10 aromatic carbocycles. The highest BCUT2D eigenvalue weighted by Gasteiger charge is 2.23. The van der Waals surface area contributed by atoms with Crippen molar-refractivity contribution in [2.45, 2.75) is 0 Å². The van der Waals surface area contributed by atoms with Gasteiger partial charge in [-0.15, -0.1) is 0 Å². The summed E-state index contributed by atoms with van der Waals surface area (Å²) in [6, 6.07) is 53.0. The van der Waals surface area contributed by atoms with Gasteiger partial charge in [0.25, 0.3) is 5.91 Å². The predicted molar refractivity (Wildman–Crippen MR) is 382 cm³/mol. The van der Waals surface area contributed by atoms with Gasteiger partial charge in [-0.2, -0.15) is 15.8 Å². The standard InChI is InChI=1S/C16H9BrF2N2O.C16H12F2N2O2.C16H10F2N2O.C15H7BrF2N2O.C15H11F2NO/c1-22-10-4-2-9(3-5-10)21-15-7-14(19)13(18)6-11(15)12(8-20)16(21)17;1-22-10-4-2-9(3-5-10)20-8-12(16(19)21)11-6-13(17)14(18)7-15(11)20;1-21-12-4-2-11(3-5-12)20-9-10(8-19)13-6-14(17)15(18)7-16(13)20;16-15-11(7-19)10-5-12(17)13(18)6-14(10)20(15)8-1-3-9(21)4-2-8;1-19-12-4-2-11(3-5-12)18-7-6-10-8-13(16)14(17)9-15(10)18/h2-7H,1H3;2-8H,1H3,(H2,19,21);2-7,9H,1H3;1-6,21H;2-9H,1H3. The van der Waals surface area contributed by atoms with Crippen molar-refractivity contribution in [1.82, 2.24) is 22.8 Å². The summed E-state index contributed by atoms with van der Waals surface area (Å²) in [5.41, 5.74) is 12.0. The smallest absolute Gasteiger partial charge is 0.250 e. The molecule has 0 radical (unpaired) electrons. The number of nitrogens with two attached hydrogens (primary N) is 1. The Morgan fingerprint density at radius 3 is 1.08 bits per heavy atom. The van der Waals surface area contributed by atoms with E-state index in [1.807, 2.05) is 42.5 Å². The third kappa shape index (κ3) is 14.9. The Morgan fingerprint density at radius 2 is 0.695 bits per heavy atom. The Labute approximate surface area is 606 Å². The van der Waals surface area contributed by atoms with Gasteiger partial charge in [0, 0.05) is 104 Å². The summed E-state index contributed by atoms with van der Waals surface area (Å²) >= 11 is 6.63. The van der Waals surface area contributed by atoms with Gasteiger partial charge in [-0.05, 0) is 190 Å². The molecule has 0 aliphatic rings. The maximum absolute atomic E-state index is 13.6. The average Bonchev–Trinajstić information content (AvgIpc) is 1.61. The molecule has 5 aromatic heterocycles. The number of phenolic OH excluding ortho intramolecular Hbond substituents is 1. The highest BCUT2D eigenvalue weighted by Crippen LogP contribution is 2.38. The Hall–Kier alpha value is -12.9. The molecule has 3 N–H and O–H groups in total. The summed E-state index contributed by atoms with van der Waals surface area (Å²) in [5, 5.41) is 39.0. The van der Waals surface area contributed by atoms with E-state index < -0.39 is 64.1 Å². The number of fused-ring (bicyclic) bond motifs is 5. The van der Waals surface area contributed by atoms with E-state index in [2.05, 4.69) is 31.9 Å². The maximum atomic E-state index is 13.6. The van der Waals surface area contributed by atoms with Gasteiger partial charge < -0.3 is 52.6 Å². The first-order valence-corrected chi connectivity index (χ1v) is 32.2. The van der Waals surface area contributed by atoms with Crippen LogP contribution in [0.1, 0.15) is 27.0 Å². The van der Waals surface area contributed by atoms with E-state index in [9.17, 15) is 64.3 Å². The molecule has 1 amide bonds. The summed E-state index contributed by atoms with van der Waals surface area (Å²) in [6.07, 6.45) is 4.81. The third-order valence-electron chi connectivity index (χ3n) is 16.4. The van der Waals surface area contributed by atoms with Gasteiger partial charge in [0.1, 0.15) is 56.2 Å². The minimum absolute atomic E-state index is 0.0871. The van der Waals surface area contributed by atoms with Gasteiger partial charge >= 0.3 is 0 Å². The minimum Gasteiger partial charge on any atom is -0.508 e. The van der Waals surface area contributed by atoms with Crippen molar-refractivity contribution in [2.75, 3.05) is 28.4 Å². The van der Waals surface area contributed by atoms with Crippen LogP contribution in [0.5, 0.6) is 28.7 Å². The number of carbonyl (C=O) groups excluding carboxylic acids is 1. The van der Waals surface area contributed by atoms with Crippen molar-refractivity contribution in [3.63, 3.8) is 0 Å². The van der Waals surface area contributed by atoms with Crippen LogP contribution in [-0.2, 0) is 0 Å². The summed E-state index contributed by atoms with van der Waals surface area (Å²) in [4.78, 5) is 11.5. The van der Waals surface area contributed by atoms with Crippen LogP contribution < -0.4 is 24.7 Å². The van der Waals surface area contributed by atoms with E-state index in [-0.39, 0.29) is 27.8 Å². The van der Waals surface area contributed by atoms with Crippen LogP contribution in [0.3, 0.4) is 0 Å². The van der Waals surface area contributed by atoms with E-state index in [4.69, 9.17) is 29.9 Å². The number of ether oxygens (including phenoxy) is 4. The molecule has 105 heavy (non-hydrogen) atoms. The van der Waals surface area contributed by atoms with Crippen molar-refractivity contribution < 1.29 is 72.8 Å². The first-order valence-electron chi connectivity index (χ1n) is 30.6. The van der Waals surface area contributed by atoms with Crippen molar-refractivity contribution >= 4 is 92.3 Å². The number of aromatic nitrogens is 5. The normalized spacial score (nSPS) is 10.8. The van der Waals surface area contributed by atoms with Crippen molar-refractivity contribution in [3.8, 4) is 75.4 Å². The number of halogens is 12. The van der Waals surface area contributed by atoms with Gasteiger partial charge in [0.15, 0.2) is 58.2 Å². The molecule has 0 saturated carbocycles. The molecule has 0 fully saturated rings. The monoisotopic (exact) mass is 1560 g/mol. The van der Waals surface area contributed by atoms with Gasteiger partial charge in [0.05, 0.1) is 78.3 Å². The highest BCUT2D eigenvalue weighted by molar-refractivity contribution is 9.10. The number of nitrogens with zero attached hydrogens (tertiary/aromatic N) is 8. The number of benzene rings is 10. The van der Waals surface area contributed by atoms with Crippen LogP contribution in [0.15, 0.2) is 216 Å². The van der Waals surface area contributed by atoms with Crippen LogP contribution in [-0.4, -0.2) is 62.3 Å². The van der Waals surface area contributed by atoms with Crippen molar-refractivity contribution in [3.05, 3.63) is 296 Å².